The van der Waals surface area contributed by atoms with Crippen LogP contribution in [0.4, 0.5) is 0 Å². The van der Waals surface area contributed by atoms with E-state index in [-0.39, 0.29) is 18.0 Å². The summed E-state index contributed by atoms with van der Waals surface area (Å²) in [6.07, 6.45) is 46.4. The fraction of sp³-hybridized carbons (Fsp3) is 0.948. The van der Waals surface area contributed by atoms with Crippen molar-refractivity contribution in [3.63, 3.8) is 0 Å². The standard InChI is InChI=1S/C58H114N2O5/c1-8-13-18-23-26-33-43-54(41-31-22-17-12-5)52-65-58(63)48-38-29-35-45-55(60(50-39-49-59(6)7)56(61)46-36-27-24-19-14-9-2)44-34-28-37-47-57(62)64-51-53(40-30-21-16-11-4)42-32-25-20-15-10-3/h53-55H,8-52H2,1-7H3. The van der Waals surface area contributed by atoms with E-state index in [0.717, 1.165) is 83.7 Å². The summed E-state index contributed by atoms with van der Waals surface area (Å²) in [6.45, 7) is 14.2. The van der Waals surface area contributed by atoms with Crippen LogP contribution in [0.1, 0.15) is 298 Å². The van der Waals surface area contributed by atoms with E-state index in [9.17, 15) is 14.4 Å². The molecule has 0 aromatic heterocycles. The van der Waals surface area contributed by atoms with Gasteiger partial charge in [-0.1, -0.05) is 214 Å². The van der Waals surface area contributed by atoms with Gasteiger partial charge in [-0.25, -0.2) is 0 Å². The second-order valence-corrected chi connectivity index (χ2v) is 20.7. The van der Waals surface area contributed by atoms with Gasteiger partial charge in [-0.05, 0) is 96.7 Å². The molecule has 386 valence electrons. The van der Waals surface area contributed by atoms with Gasteiger partial charge in [0.1, 0.15) is 0 Å². The van der Waals surface area contributed by atoms with Gasteiger partial charge in [0.25, 0.3) is 0 Å². The van der Waals surface area contributed by atoms with Crippen LogP contribution in [0, 0.1) is 11.8 Å². The van der Waals surface area contributed by atoms with Crippen molar-refractivity contribution >= 4 is 17.8 Å². The van der Waals surface area contributed by atoms with Crippen LogP contribution in [0.2, 0.25) is 0 Å². The Balaban J connectivity index is 5.33. The predicted octanol–water partition coefficient (Wildman–Crippen LogP) is 17.2. The van der Waals surface area contributed by atoms with E-state index in [1.807, 2.05) is 0 Å². The van der Waals surface area contributed by atoms with Crippen LogP contribution in [-0.2, 0) is 23.9 Å². The number of ether oxygens (including phenoxy) is 2. The van der Waals surface area contributed by atoms with Crippen LogP contribution in [-0.4, -0.2) is 74.1 Å². The Morgan fingerprint density at radius 2 is 0.662 bits per heavy atom. The summed E-state index contributed by atoms with van der Waals surface area (Å²) in [5.41, 5.74) is 0. The second-order valence-electron chi connectivity index (χ2n) is 20.7. The van der Waals surface area contributed by atoms with Crippen LogP contribution in [0.5, 0.6) is 0 Å². The average Bonchev–Trinajstić information content (AvgIpc) is 3.29. The predicted molar refractivity (Wildman–Crippen MR) is 281 cm³/mol. The summed E-state index contributed by atoms with van der Waals surface area (Å²) in [5.74, 6) is 1.23. The second kappa shape index (κ2) is 48.8. The lowest BCUT2D eigenvalue weighted by Gasteiger charge is -2.33. The van der Waals surface area contributed by atoms with Crippen LogP contribution in [0.25, 0.3) is 0 Å². The van der Waals surface area contributed by atoms with Gasteiger partial charge in [-0.3, -0.25) is 14.4 Å². The molecular formula is C58H114N2O5. The van der Waals surface area contributed by atoms with Gasteiger partial charge < -0.3 is 19.3 Å². The summed E-state index contributed by atoms with van der Waals surface area (Å²) >= 11 is 0. The Labute approximate surface area is 406 Å². The highest BCUT2D eigenvalue weighted by Crippen LogP contribution is 2.24. The molecule has 0 fully saturated rings. The fourth-order valence-corrected chi connectivity index (χ4v) is 9.53. The van der Waals surface area contributed by atoms with E-state index in [4.69, 9.17) is 9.47 Å². The minimum atomic E-state index is -0.0376. The summed E-state index contributed by atoms with van der Waals surface area (Å²) in [4.78, 5) is 44.4. The van der Waals surface area contributed by atoms with Crippen molar-refractivity contribution in [2.24, 2.45) is 11.8 Å². The van der Waals surface area contributed by atoms with Gasteiger partial charge >= 0.3 is 11.9 Å². The minimum absolute atomic E-state index is 0.0362. The van der Waals surface area contributed by atoms with Gasteiger partial charge in [0, 0.05) is 31.8 Å². The topological polar surface area (TPSA) is 76.2 Å². The Morgan fingerprint density at radius 1 is 0.354 bits per heavy atom. The highest BCUT2D eigenvalue weighted by Gasteiger charge is 2.23. The summed E-state index contributed by atoms with van der Waals surface area (Å²) in [5, 5.41) is 0. The van der Waals surface area contributed by atoms with Gasteiger partial charge in [-0.2, -0.15) is 0 Å². The van der Waals surface area contributed by atoms with Crippen molar-refractivity contribution < 1.29 is 23.9 Å². The zero-order chi connectivity index (χ0) is 47.9. The monoisotopic (exact) mass is 919 g/mol. The molecule has 0 aliphatic carbocycles. The minimum Gasteiger partial charge on any atom is -0.465 e. The largest absolute Gasteiger partial charge is 0.465 e. The molecule has 65 heavy (non-hydrogen) atoms. The first-order valence-corrected chi connectivity index (χ1v) is 29.0. The van der Waals surface area contributed by atoms with Crippen molar-refractivity contribution in [1.82, 2.24) is 9.80 Å². The molecule has 0 bridgehead atoms. The van der Waals surface area contributed by atoms with Crippen molar-refractivity contribution in [3.05, 3.63) is 0 Å². The first-order chi connectivity index (χ1) is 31.7. The number of rotatable bonds is 51. The normalized spacial score (nSPS) is 13.0. The first kappa shape index (κ1) is 63.4. The van der Waals surface area contributed by atoms with Gasteiger partial charge in [-0.15, -0.1) is 0 Å². The lowest BCUT2D eigenvalue weighted by atomic mass is 9.95. The van der Waals surface area contributed by atoms with Crippen molar-refractivity contribution in [3.8, 4) is 0 Å². The maximum Gasteiger partial charge on any atom is 0.305 e. The van der Waals surface area contributed by atoms with E-state index in [0.29, 0.717) is 50.2 Å². The quantitative estimate of drug-likeness (QED) is 0.0447. The van der Waals surface area contributed by atoms with Crippen LogP contribution in [0.15, 0.2) is 0 Å². The summed E-state index contributed by atoms with van der Waals surface area (Å²) in [6, 6.07) is 0.199. The number of hydrogen-bond acceptors (Lipinski definition) is 6. The number of nitrogens with zero attached hydrogens (tertiary/aromatic N) is 2. The van der Waals surface area contributed by atoms with Crippen molar-refractivity contribution in [2.75, 3.05) is 40.4 Å². The smallest absolute Gasteiger partial charge is 0.305 e. The Bertz CT molecular complexity index is 1040. The van der Waals surface area contributed by atoms with Crippen LogP contribution >= 0.6 is 0 Å². The molecular weight excluding hydrogens is 805 g/mol. The highest BCUT2D eigenvalue weighted by molar-refractivity contribution is 5.76. The summed E-state index contributed by atoms with van der Waals surface area (Å²) < 4.78 is 11.8. The van der Waals surface area contributed by atoms with E-state index in [2.05, 4.69) is 58.5 Å². The van der Waals surface area contributed by atoms with Gasteiger partial charge in [0.15, 0.2) is 0 Å². The Hall–Kier alpha value is -1.63. The third-order valence-corrected chi connectivity index (χ3v) is 13.9. The number of amides is 1. The number of carbonyl (C=O) groups excluding carboxylic acids is 3. The van der Waals surface area contributed by atoms with E-state index in [1.54, 1.807) is 0 Å². The van der Waals surface area contributed by atoms with Crippen LogP contribution in [0.3, 0.4) is 0 Å². The number of hydrogen-bond donors (Lipinski definition) is 0. The highest BCUT2D eigenvalue weighted by atomic mass is 16.5. The molecule has 0 saturated heterocycles. The zero-order valence-electron chi connectivity index (χ0n) is 45.0. The lowest BCUT2D eigenvalue weighted by molar-refractivity contribution is -0.146. The van der Waals surface area contributed by atoms with Gasteiger partial charge in [0.05, 0.1) is 13.2 Å². The third kappa shape index (κ3) is 42.2. The molecule has 0 N–H and O–H groups in total. The fourth-order valence-electron chi connectivity index (χ4n) is 9.53. The van der Waals surface area contributed by atoms with Crippen molar-refractivity contribution in [1.29, 1.82) is 0 Å². The molecule has 0 rings (SSSR count). The Morgan fingerprint density at radius 3 is 1.05 bits per heavy atom. The molecule has 0 radical (unpaired) electrons. The molecule has 3 atom stereocenters. The molecule has 0 aliphatic rings. The van der Waals surface area contributed by atoms with E-state index < -0.39 is 0 Å². The van der Waals surface area contributed by atoms with E-state index in [1.165, 1.54) is 173 Å². The summed E-state index contributed by atoms with van der Waals surface area (Å²) in [7, 11) is 4.23. The number of carbonyl (C=O) groups is 3. The third-order valence-electron chi connectivity index (χ3n) is 13.9. The zero-order valence-corrected chi connectivity index (χ0v) is 45.0. The molecule has 0 spiro atoms. The molecule has 0 aromatic carbocycles. The molecule has 0 heterocycles. The average molecular weight is 920 g/mol. The number of esters is 2. The maximum absolute atomic E-state index is 14.0. The van der Waals surface area contributed by atoms with Gasteiger partial charge in [0.2, 0.25) is 5.91 Å². The molecule has 7 nitrogen and oxygen atoms in total. The van der Waals surface area contributed by atoms with E-state index >= 15 is 0 Å². The Kier molecular flexibility index (Phi) is 47.6. The molecule has 0 aromatic rings. The molecule has 3 unspecified atom stereocenters. The van der Waals surface area contributed by atoms with Crippen LogP contribution < -0.4 is 0 Å². The SMILES string of the molecule is CCCCCCCCC(=O)N(CCCN(C)C)C(CCCCCC(=O)OCC(CCCCCC)CCCCCCC)CCCCCC(=O)OCC(CCCCCC)CCCCCCCC. The molecule has 1 amide bonds. The first-order valence-electron chi connectivity index (χ1n) is 29.0. The van der Waals surface area contributed by atoms with Crippen molar-refractivity contribution in [2.45, 2.75) is 304 Å². The molecule has 0 aliphatic heterocycles. The molecule has 7 heteroatoms. The lowest BCUT2D eigenvalue weighted by Crippen LogP contribution is -2.41. The maximum atomic E-state index is 14.0. The number of unbranched alkanes of at least 4 members (excludes halogenated alkanes) is 24. The molecule has 0 saturated carbocycles.